The Bertz CT molecular complexity index is 1290. The van der Waals surface area contributed by atoms with E-state index in [9.17, 15) is 14.1 Å². The van der Waals surface area contributed by atoms with Crippen molar-refractivity contribution in [2.24, 2.45) is 4.36 Å². The normalized spacial score (nSPS) is 13.3. The molecule has 0 saturated carbocycles. The smallest absolute Gasteiger partial charge is 0.442 e. The minimum Gasteiger partial charge on any atom is -0.448 e. The van der Waals surface area contributed by atoms with Crippen molar-refractivity contribution in [3.05, 3.63) is 54.7 Å². The summed E-state index contributed by atoms with van der Waals surface area (Å²) in [5, 5.41) is 18.9. The first kappa shape index (κ1) is 25.9. The molecule has 0 aliphatic rings. The Hall–Kier alpha value is -3.70. The van der Waals surface area contributed by atoms with Crippen LogP contribution in [0.3, 0.4) is 0 Å². The monoisotopic (exact) mass is 498 g/mol. The van der Waals surface area contributed by atoms with Crippen molar-refractivity contribution in [3.8, 4) is 11.1 Å². The molecule has 1 heterocycles. The zero-order valence-corrected chi connectivity index (χ0v) is 20.9. The fraction of sp³-hybridized carbons (Fsp3) is 0.292. The Morgan fingerprint density at radius 2 is 1.94 bits per heavy atom. The summed E-state index contributed by atoms with van der Waals surface area (Å²) in [6, 6.07) is 14.3. The van der Waals surface area contributed by atoms with Crippen molar-refractivity contribution in [1.82, 2.24) is 9.97 Å². The zero-order valence-electron chi connectivity index (χ0n) is 20.1. The Kier molecular flexibility index (Phi) is 8.61. The van der Waals surface area contributed by atoms with Gasteiger partial charge in [0.1, 0.15) is 5.82 Å². The van der Waals surface area contributed by atoms with Crippen LogP contribution in [-0.2, 0) is 14.5 Å². The van der Waals surface area contributed by atoms with Crippen molar-refractivity contribution in [2.45, 2.75) is 24.8 Å². The summed E-state index contributed by atoms with van der Waals surface area (Å²) in [7, 11) is -1.15. The fourth-order valence-electron chi connectivity index (χ4n) is 3.14. The summed E-state index contributed by atoms with van der Waals surface area (Å²) in [5.74, 6) is 0.851. The van der Waals surface area contributed by atoms with E-state index in [-0.39, 0.29) is 19.3 Å². The van der Waals surface area contributed by atoms with Crippen LogP contribution in [0.2, 0.25) is 0 Å². The van der Waals surface area contributed by atoms with Gasteiger partial charge < -0.3 is 25.8 Å². The van der Waals surface area contributed by atoms with E-state index in [0.29, 0.717) is 22.3 Å². The standard InChI is InChI=1S/C24H30N6O4S/c1-5-34-24(32)30-35(4,33)20-8-6-7-19(13-20)28-23-26-14-21(22(29-23)27-16(2)15-31)17-9-11-18(25-3)12-10-17/h6-14,16,25,31H,5,15H2,1-4H3,(H2,26,27,28,29)/t16-,35?/m1/s1. The second-order valence-electron chi connectivity index (χ2n) is 7.76. The van der Waals surface area contributed by atoms with Crippen LogP contribution in [-0.4, -0.2) is 57.9 Å². The van der Waals surface area contributed by atoms with Gasteiger partial charge in [-0.15, -0.1) is 4.36 Å². The quantitative estimate of drug-likeness (QED) is 0.339. The number of aromatic nitrogens is 2. The largest absolute Gasteiger partial charge is 0.448 e. The van der Waals surface area contributed by atoms with Crippen molar-refractivity contribution in [2.75, 3.05) is 42.5 Å². The van der Waals surface area contributed by atoms with Gasteiger partial charge in [-0.05, 0) is 49.7 Å². The minimum atomic E-state index is -3.00. The Labute approximate surface area is 205 Å². The van der Waals surface area contributed by atoms with Gasteiger partial charge >= 0.3 is 6.09 Å². The molecule has 35 heavy (non-hydrogen) atoms. The highest BCUT2D eigenvalue weighted by Gasteiger charge is 2.14. The number of carbonyl (C=O) groups excluding carboxylic acids is 1. The van der Waals surface area contributed by atoms with E-state index in [1.165, 1.54) is 6.26 Å². The summed E-state index contributed by atoms with van der Waals surface area (Å²) in [5.41, 5.74) is 3.24. The van der Waals surface area contributed by atoms with Crippen molar-refractivity contribution in [1.29, 1.82) is 0 Å². The number of aliphatic hydroxyl groups excluding tert-OH is 1. The molecular formula is C24H30N6O4S. The highest BCUT2D eigenvalue weighted by atomic mass is 32.2. The summed E-state index contributed by atoms with van der Waals surface area (Å²) < 4.78 is 21.5. The lowest BCUT2D eigenvalue weighted by Gasteiger charge is -2.17. The fourth-order valence-corrected chi connectivity index (χ4v) is 4.26. The highest BCUT2D eigenvalue weighted by Crippen LogP contribution is 2.29. The molecule has 2 atom stereocenters. The van der Waals surface area contributed by atoms with Gasteiger partial charge in [-0.2, -0.15) is 4.98 Å². The molecule has 2 aromatic carbocycles. The Balaban J connectivity index is 1.93. The number of ether oxygens (including phenoxy) is 1. The van der Waals surface area contributed by atoms with Gasteiger partial charge in [0.15, 0.2) is 0 Å². The van der Waals surface area contributed by atoms with E-state index < -0.39 is 15.8 Å². The maximum atomic E-state index is 13.0. The molecule has 4 N–H and O–H groups in total. The lowest BCUT2D eigenvalue weighted by Crippen LogP contribution is -2.21. The number of nitrogens with one attached hydrogen (secondary N) is 3. The van der Waals surface area contributed by atoms with Crippen LogP contribution in [0.25, 0.3) is 11.1 Å². The predicted molar refractivity (Wildman–Crippen MR) is 139 cm³/mol. The molecule has 186 valence electrons. The van der Waals surface area contributed by atoms with Crippen LogP contribution < -0.4 is 16.0 Å². The van der Waals surface area contributed by atoms with Crippen molar-refractivity contribution >= 4 is 39.0 Å². The first-order valence-corrected chi connectivity index (χ1v) is 13.0. The van der Waals surface area contributed by atoms with Crippen molar-refractivity contribution < 1.29 is 18.8 Å². The van der Waals surface area contributed by atoms with Crippen molar-refractivity contribution in [3.63, 3.8) is 0 Å². The lowest BCUT2D eigenvalue weighted by atomic mass is 10.1. The summed E-state index contributed by atoms with van der Waals surface area (Å²) in [6.07, 6.45) is 2.21. The molecule has 0 saturated heterocycles. The topological polar surface area (TPSA) is 138 Å². The highest BCUT2D eigenvalue weighted by molar-refractivity contribution is 7.93. The number of amides is 1. The molecule has 1 unspecified atom stereocenters. The van der Waals surface area contributed by atoms with Gasteiger partial charge in [-0.25, -0.2) is 14.0 Å². The maximum absolute atomic E-state index is 13.0. The van der Waals surface area contributed by atoms with E-state index in [0.717, 1.165) is 16.8 Å². The summed E-state index contributed by atoms with van der Waals surface area (Å²) in [4.78, 5) is 21.1. The molecule has 1 amide bonds. The Morgan fingerprint density at radius 1 is 1.20 bits per heavy atom. The molecule has 10 nitrogen and oxygen atoms in total. The predicted octanol–water partition coefficient (Wildman–Crippen LogP) is 4.33. The molecule has 0 bridgehead atoms. The lowest BCUT2D eigenvalue weighted by molar-refractivity contribution is 0.164. The average Bonchev–Trinajstić information content (AvgIpc) is 2.84. The van der Waals surface area contributed by atoms with E-state index in [4.69, 9.17) is 4.74 Å². The number of anilines is 4. The molecule has 0 radical (unpaired) electrons. The third kappa shape index (κ3) is 6.90. The average molecular weight is 499 g/mol. The molecule has 0 spiro atoms. The molecule has 11 heteroatoms. The third-order valence-corrected chi connectivity index (χ3v) is 6.60. The molecule has 3 aromatic rings. The zero-order chi connectivity index (χ0) is 25.4. The van der Waals surface area contributed by atoms with Gasteiger partial charge in [0, 0.05) is 47.4 Å². The SMILES string of the molecule is CCOC(=O)N=S(C)(=O)c1cccc(Nc2ncc(-c3ccc(NC)cc3)c(N[C@H](C)CO)n2)c1. The molecule has 0 fully saturated rings. The van der Waals surface area contributed by atoms with Crippen LogP contribution in [0.4, 0.5) is 27.9 Å². The van der Waals surface area contributed by atoms with E-state index in [1.54, 1.807) is 37.4 Å². The van der Waals surface area contributed by atoms with Crippen LogP contribution in [0, 0.1) is 0 Å². The summed E-state index contributed by atoms with van der Waals surface area (Å²) >= 11 is 0. The van der Waals surface area contributed by atoms with Crippen LogP contribution in [0.5, 0.6) is 0 Å². The van der Waals surface area contributed by atoms with Gasteiger partial charge in [-0.1, -0.05) is 18.2 Å². The number of rotatable bonds is 9. The first-order chi connectivity index (χ1) is 16.7. The van der Waals surface area contributed by atoms with E-state index in [2.05, 4.69) is 30.3 Å². The molecule has 1 aromatic heterocycles. The maximum Gasteiger partial charge on any atom is 0.442 e. The minimum absolute atomic E-state index is 0.0677. The van der Waals surface area contributed by atoms with Gasteiger partial charge in [0.25, 0.3) is 0 Å². The second kappa shape index (κ2) is 11.6. The first-order valence-electron chi connectivity index (χ1n) is 11.0. The van der Waals surface area contributed by atoms with E-state index in [1.807, 2.05) is 38.2 Å². The molecule has 3 rings (SSSR count). The molecular weight excluding hydrogens is 468 g/mol. The van der Waals surface area contributed by atoms with Crippen LogP contribution in [0.15, 0.2) is 64.0 Å². The van der Waals surface area contributed by atoms with E-state index >= 15 is 0 Å². The van der Waals surface area contributed by atoms with Crippen LogP contribution >= 0.6 is 0 Å². The number of hydrogen-bond acceptors (Lipinski definition) is 9. The Morgan fingerprint density at radius 3 is 2.60 bits per heavy atom. The third-order valence-electron chi connectivity index (χ3n) is 4.97. The van der Waals surface area contributed by atoms with Gasteiger partial charge in [-0.3, -0.25) is 0 Å². The number of hydrogen-bond donors (Lipinski definition) is 4. The number of aliphatic hydroxyl groups is 1. The number of carbonyl (C=O) groups is 1. The van der Waals surface area contributed by atoms with Gasteiger partial charge in [0.2, 0.25) is 5.95 Å². The van der Waals surface area contributed by atoms with Crippen LogP contribution in [0.1, 0.15) is 13.8 Å². The summed E-state index contributed by atoms with van der Waals surface area (Å²) in [6.45, 7) is 3.58. The van der Waals surface area contributed by atoms with Gasteiger partial charge in [0.05, 0.1) is 22.9 Å². The number of benzene rings is 2. The second-order valence-corrected chi connectivity index (χ2v) is 10.0. The molecule has 0 aliphatic heterocycles. The number of nitrogens with zero attached hydrogens (tertiary/aromatic N) is 3. The molecule has 0 aliphatic carbocycles.